The molecule has 13 heteroatoms. The molecule has 0 spiro atoms. The molecule has 0 aromatic heterocycles. The molecule has 2 atom stereocenters. The first-order chi connectivity index (χ1) is 8.10. The predicted molar refractivity (Wildman–Crippen MR) is 56.0 cm³/mol. The summed E-state index contributed by atoms with van der Waals surface area (Å²) in [5.74, 6) is -0.270. The van der Waals surface area contributed by atoms with Crippen molar-refractivity contribution < 1.29 is 96.8 Å². The minimum absolute atomic E-state index is 0. The Morgan fingerprint density at radius 3 is 2.00 bits per heavy atom. The van der Waals surface area contributed by atoms with Crippen molar-refractivity contribution in [2.24, 2.45) is 0 Å². The molecule has 0 aliphatic carbocycles. The quantitative estimate of drug-likeness (QED) is 0.416. The van der Waals surface area contributed by atoms with Gasteiger partial charge in [0.05, 0.1) is 0 Å². The minimum atomic E-state index is -5.50. The van der Waals surface area contributed by atoms with Crippen LogP contribution in [-0.4, -0.2) is 10.6 Å². The molecular weight excluding hydrogens is 355 g/mol. The molecule has 1 rings (SSSR count). The molecule has 20 heavy (non-hydrogen) atoms. The smallest absolute Gasteiger partial charge is 0.761 e. The second-order valence-corrected chi connectivity index (χ2v) is 5.97. The first kappa shape index (κ1) is 23.4. The number of hydrogen-bond acceptors (Lipinski definition) is 7. The van der Waals surface area contributed by atoms with Gasteiger partial charge in [-0.05, 0) is 24.3 Å². The van der Waals surface area contributed by atoms with E-state index in [0.29, 0.717) is 5.02 Å². The van der Waals surface area contributed by atoms with E-state index < -0.39 is 21.1 Å². The van der Waals surface area contributed by atoms with Crippen molar-refractivity contribution in [2.75, 3.05) is 0 Å². The van der Waals surface area contributed by atoms with Crippen LogP contribution < -0.4 is 73.4 Å². The summed E-state index contributed by atoms with van der Waals surface area (Å²) in [5, 5.41) is 0.296. The summed E-state index contributed by atoms with van der Waals surface area (Å²) in [4.78, 5) is 40.4. The summed E-state index contributed by atoms with van der Waals surface area (Å²) in [6, 6.07) is 4.84. The van der Waals surface area contributed by atoms with Gasteiger partial charge in [0.25, 0.3) is 7.60 Å². The Hall–Kier alpha value is 1.12. The third-order valence-corrected chi connectivity index (χ3v) is 3.24. The Kier molecular flexibility index (Phi) is 10.9. The van der Waals surface area contributed by atoms with E-state index in [1.807, 2.05) is 0 Å². The van der Waals surface area contributed by atoms with Gasteiger partial charge in [0, 0.05) is 5.02 Å². The van der Waals surface area contributed by atoms with Crippen molar-refractivity contribution in [3.63, 3.8) is 0 Å². The number of hydrogen-bond donors (Lipinski definition) is 1. The molecule has 1 aromatic rings. The molecule has 0 radical (unpaired) electrons. The van der Waals surface area contributed by atoms with Crippen molar-refractivity contribution in [3.05, 3.63) is 29.3 Å². The van der Waals surface area contributed by atoms with Gasteiger partial charge in [0.1, 0.15) is 5.75 Å². The monoisotopic (exact) mass is 360 g/mol. The zero-order valence-corrected chi connectivity index (χ0v) is 16.9. The molecule has 0 saturated heterocycles. The van der Waals surface area contributed by atoms with Gasteiger partial charge in [-0.3, -0.25) is 9.13 Å². The van der Waals surface area contributed by atoms with Crippen LogP contribution >= 0.6 is 27.0 Å². The number of phosphoric acid groups is 1. The van der Waals surface area contributed by atoms with Crippen molar-refractivity contribution in [2.45, 2.75) is 0 Å². The SMILES string of the molecule is O=C(OP(=O)([O-])O)P(=O)([O-])Oc1ccc(Cl)cc1.[Na+].[Na+]. The third kappa shape index (κ3) is 8.54. The minimum Gasteiger partial charge on any atom is -0.761 e. The molecule has 2 unspecified atom stereocenters. The topological polar surface area (TPSA) is 136 Å². The number of halogens is 1. The second-order valence-electron chi connectivity index (χ2n) is 2.87. The summed E-state index contributed by atoms with van der Waals surface area (Å²) in [7, 11) is -10.8. The van der Waals surface area contributed by atoms with E-state index in [-0.39, 0.29) is 64.9 Å². The maximum absolute atomic E-state index is 11.2. The molecule has 0 amide bonds. The van der Waals surface area contributed by atoms with Gasteiger partial charge in [-0.15, -0.1) is 0 Å². The predicted octanol–water partition coefficient (Wildman–Crippen LogP) is -5.12. The van der Waals surface area contributed by atoms with Gasteiger partial charge in [0.2, 0.25) is 0 Å². The molecule has 0 aliphatic heterocycles. The summed E-state index contributed by atoms with van der Waals surface area (Å²) in [6.07, 6.45) is 0. The zero-order chi connectivity index (χ0) is 14.0. The molecule has 1 aromatic carbocycles. The Bertz CT molecular complexity index is 544. The average Bonchev–Trinajstić information content (AvgIpc) is 2.18. The largest absolute Gasteiger partial charge is 1.00 e. The molecular formula is C7H5ClNa2O8P2. The maximum Gasteiger partial charge on any atom is 1.00 e. The van der Waals surface area contributed by atoms with Crippen LogP contribution in [0.15, 0.2) is 24.3 Å². The number of carbonyl (C=O) groups is 1. The van der Waals surface area contributed by atoms with Gasteiger partial charge < -0.3 is 23.7 Å². The average molecular weight is 360 g/mol. The van der Waals surface area contributed by atoms with E-state index >= 15 is 0 Å². The molecule has 0 aliphatic rings. The summed E-state index contributed by atoms with van der Waals surface area (Å²) < 4.78 is 28.9. The summed E-state index contributed by atoms with van der Waals surface area (Å²) in [5.41, 5.74) is -2.22. The fraction of sp³-hybridized carbons (Fsp3) is 0. The van der Waals surface area contributed by atoms with Gasteiger partial charge in [0.15, 0.2) is 0 Å². The van der Waals surface area contributed by atoms with Gasteiger partial charge >= 0.3 is 72.6 Å². The van der Waals surface area contributed by atoms with Crippen LogP contribution in [0.5, 0.6) is 5.75 Å². The van der Waals surface area contributed by atoms with Crippen molar-refractivity contribution in [1.29, 1.82) is 0 Å². The van der Waals surface area contributed by atoms with Crippen LogP contribution in [0.1, 0.15) is 0 Å². The molecule has 0 heterocycles. The van der Waals surface area contributed by atoms with Crippen LogP contribution in [0.3, 0.4) is 0 Å². The summed E-state index contributed by atoms with van der Waals surface area (Å²) in [6.45, 7) is 0. The van der Waals surface area contributed by atoms with E-state index in [1.54, 1.807) is 0 Å². The molecule has 8 nitrogen and oxygen atoms in total. The van der Waals surface area contributed by atoms with E-state index in [4.69, 9.17) is 16.5 Å². The van der Waals surface area contributed by atoms with Crippen molar-refractivity contribution >= 4 is 32.7 Å². The van der Waals surface area contributed by atoms with Crippen LogP contribution in [0.25, 0.3) is 0 Å². The van der Waals surface area contributed by atoms with Crippen LogP contribution in [0.4, 0.5) is 4.79 Å². The Balaban J connectivity index is 0. The van der Waals surface area contributed by atoms with E-state index in [1.165, 1.54) is 12.1 Å². The fourth-order valence-electron chi connectivity index (χ4n) is 0.820. The molecule has 1 N–H and O–H groups in total. The number of carbonyl (C=O) groups excluding carboxylic acids is 1. The zero-order valence-electron chi connectivity index (χ0n) is 10.4. The number of phosphoric ester groups is 1. The van der Waals surface area contributed by atoms with E-state index in [2.05, 4.69) is 9.05 Å². The molecule has 0 bridgehead atoms. The first-order valence-corrected chi connectivity index (χ1v) is 7.56. The second kappa shape index (κ2) is 9.30. The van der Waals surface area contributed by atoms with Gasteiger partial charge in [-0.25, -0.2) is 4.79 Å². The Morgan fingerprint density at radius 1 is 1.15 bits per heavy atom. The van der Waals surface area contributed by atoms with Crippen LogP contribution in [-0.2, 0) is 13.7 Å². The standard InChI is InChI=1S/C7H7ClO8P2.2Na/c8-5-1-3-6(4-2-5)15-17(10,11)7(9)16-18(12,13)14;;/h1-4H,(H,10,11)(H2,12,13,14);;/q;2*+1/p-2. The van der Waals surface area contributed by atoms with Gasteiger partial charge in [-0.1, -0.05) is 11.6 Å². The fourth-order valence-corrected chi connectivity index (χ4v) is 2.33. The number of benzene rings is 1. The molecule has 100 valence electrons. The maximum atomic E-state index is 11.2. The van der Waals surface area contributed by atoms with Gasteiger partial charge in [-0.2, -0.15) is 0 Å². The van der Waals surface area contributed by atoms with E-state index in [9.17, 15) is 23.7 Å². The summed E-state index contributed by atoms with van der Waals surface area (Å²) >= 11 is 5.53. The number of rotatable bonds is 4. The van der Waals surface area contributed by atoms with Crippen LogP contribution in [0, 0.1) is 0 Å². The molecule has 0 saturated carbocycles. The molecule has 0 fully saturated rings. The van der Waals surface area contributed by atoms with E-state index in [0.717, 1.165) is 12.1 Å². The Labute approximate surface area is 163 Å². The first-order valence-electron chi connectivity index (χ1n) is 4.14. The van der Waals surface area contributed by atoms with Crippen molar-refractivity contribution in [1.82, 2.24) is 0 Å². The van der Waals surface area contributed by atoms with Crippen molar-refractivity contribution in [3.8, 4) is 5.75 Å². The third-order valence-electron chi connectivity index (χ3n) is 1.46. The normalized spacial score (nSPS) is 15.6. The Morgan fingerprint density at radius 2 is 1.60 bits per heavy atom. The van der Waals surface area contributed by atoms with Crippen LogP contribution in [0.2, 0.25) is 5.02 Å².